The van der Waals surface area contributed by atoms with Crippen LogP contribution in [0.5, 0.6) is 0 Å². The van der Waals surface area contributed by atoms with E-state index in [1.165, 1.54) is 0 Å². The van der Waals surface area contributed by atoms with Gasteiger partial charge in [0.05, 0.1) is 5.92 Å². The summed E-state index contributed by atoms with van der Waals surface area (Å²) >= 11 is 2.18. The van der Waals surface area contributed by atoms with Crippen LogP contribution in [0, 0.1) is 5.92 Å². The van der Waals surface area contributed by atoms with E-state index in [9.17, 15) is 4.79 Å². The van der Waals surface area contributed by atoms with E-state index < -0.39 is 5.97 Å². The number of carbonyl (C=O) groups is 1. The fraction of sp³-hybridized carbons (Fsp3) is 0.833. The van der Waals surface area contributed by atoms with Gasteiger partial charge < -0.3 is 5.11 Å². The van der Waals surface area contributed by atoms with Crippen molar-refractivity contribution < 1.29 is 9.90 Å². The smallest absolute Gasteiger partial charge is 0.307 e. The molecular formula is C6H10INO2. The predicted octanol–water partition coefficient (Wildman–Crippen LogP) is 1.13. The minimum atomic E-state index is -0.652. The molecule has 4 heteroatoms. The third-order valence-electron chi connectivity index (χ3n) is 1.72. The Morgan fingerprint density at radius 2 is 2.40 bits per heavy atom. The van der Waals surface area contributed by atoms with E-state index in [1.807, 2.05) is 3.11 Å². The average molecular weight is 255 g/mol. The standard InChI is InChI=1S/C6H10INO2/c7-8-3-1-2-5(4-8)6(9)10/h5H,1-4H2,(H,9,10)/t5-/m0/s1. The van der Waals surface area contributed by atoms with E-state index in [1.54, 1.807) is 0 Å². The summed E-state index contributed by atoms with van der Waals surface area (Å²) in [6, 6.07) is 0. The molecule has 1 aliphatic heterocycles. The van der Waals surface area contributed by atoms with Crippen LogP contribution in [0.25, 0.3) is 0 Å². The molecule has 0 saturated carbocycles. The van der Waals surface area contributed by atoms with Crippen LogP contribution in [0.3, 0.4) is 0 Å². The molecule has 0 unspecified atom stereocenters. The minimum Gasteiger partial charge on any atom is -0.481 e. The molecule has 1 saturated heterocycles. The average Bonchev–Trinajstić information content (AvgIpc) is 1.88. The topological polar surface area (TPSA) is 40.5 Å². The van der Waals surface area contributed by atoms with Gasteiger partial charge in [-0.15, -0.1) is 0 Å². The van der Waals surface area contributed by atoms with Gasteiger partial charge in [0, 0.05) is 36.0 Å². The van der Waals surface area contributed by atoms with Gasteiger partial charge in [-0.1, -0.05) is 0 Å². The maximum Gasteiger partial charge on any atom is 0.307 e. The Morgan fingerprint density at radius 3 is 2.80 bits per heavy atom. The fourth-order valence-electron chi connectivity index (χ4n) is 1.13. The second-order valence-electron chi connectivity index (χ2n) is 2.55. The van der Waals surface area contributed by atoms with Gasteiger partial charge in [0.2, 0.25) is 0 Å². The molecule has 0 aliphatic carbocycles. The summed E-state index contributed by atoms with van der Waals surface area (Å²) in [6.45, 7) is 1.74. The van der Waals surface area contributed by atoms with E-state index in [-0.39, 0.29) is 5.92 Å². The van der Waals surface area contributed by atoms with Gasteiger partial charge in [0.1, 0.15) is 0 Å². The first-order chi connectivity index (χ1) is 4.70. The minimum absolute atomic E-state index is 0.134. The first kappa shape index (κ1) is 8.26. The maximum absolute atomic E-state index is 10.5. The number of carboxylic acids is 1. The summed E-state index contributed by atoms with van der Waals surface area (Å²) in [5, 5.41) is 8.63. The molecule has 1 aliphatic rings. The van der Waals surface area contributed by atoms with Gasteiger partial charge in [-0.25, -0.2) is 3.11 Å². The Bertz CT molecular complexity index is 140. The first-order valence-corrected chi connectivity index (χ1v) is 4.30. The molecule has 0 amide bonds. The Kier molecular flexibility index (Phi) is 2.91. The highest BCUT2D eigenvalue weighted by molar-refractivity contribution is 14.1. The molecule has 1 atom stereocenters. The van der Waals surface area contributed by atoms with Gasteiger partial charge in [-0.3, -0.25) is 4.79 Å². The monoisotopic (exact) mass is 255 g/mol. The van der Waals surface area contributed by atoms with Crippen LogP contribution in [-0.2, 0) is 4.79 Å². The van der Waals surface area contributed by atoms with E-state index >= 15 is 0 Å². The van der Waals surface area contributed by atoms with Gasteiger partial charge in [0.25, 0.3) is 0 Å². The first-order valence-electron chi connectivity index (χ1n) is 3.33. The molecule has 0 aromatic carbocycles. The Labute approximate surface area is 73.9 Å². The molecule has 1 fully saturated rings. The Balaban J connectivity index is 2.39. The molecule has 58 valence electrons. The largest absolute Gasteiger partial charge is 0.481 e. The van der Waals surface area contributed by atoms with Crippen molar-refractivity contribution in [1.29, 1.82) is 0 Å². The molecule has 1 heterocycles. The number of aliphatic carboxylic acids is 1. The second kappa shape index (κ2) is 3.52. The lowest BCUT2D eigenvalue weighted by molar-refractivity contribution is -0.142. The van der Waals surface area contributed by atoms with Crippen molar-refractivity contribution in [3.8, 4) is 0 Å². The highest BCUT2D eigenvalue weighted by Crippen LogP contribution is 2.18. The number of nitrogens with zero attached hydrogens (tertiary/aromatic N) is 1. The summed E-state index contributed by atoms with van der Waals surface area (Å²) in [7, 11) is 0. The normalized spacial score (nSPS) is 28.3. The molecule has 10 heavy (non-hydrogen) atoms. The van der Waals surface area contributed by atoms with Gasteiger partial charge in [-0.05, 0) is 12.8 Å². The van der Waals surface area contributed by atoms with Crippen LogP contribution in [0.15, 0.2) is 0 Å². The number of hydrogen-bond donors (Lipinski definition) is 1. The van der Waals surface area contributed by atoms with Crippen molar-refractivity contribution in [2.75, 3.05) is 13.1 Å². The lowest BCUT2D eigenvalue weighted by atomic mass is 10.0. The predicted molar refractivity (Wildman–Crippen MR) is 46.0 cm³/mol. The van der Waals surface area contributed by atoms with Crippen molar-refractivity contribution in [1.82, 2.24) is 3.11 Å². The fourth-order valence-corrected chi connectivity index (χ4v) is 1.95. The molecular weight excluding hydrogens is 245 g/mol. The van der Waals surface area contributed by atoms with Crippen molar-refractivity contribution >= 4 is 28.8 Å². The Hall–Kier alpha value is 0.160. The molecule has 1 rings (SSSR count). The van der Waals surface area contributed by atoms with E-state index in [0.717, 1.165) is 19.4 Å². The number of halogens is 1. The molecule has 0 spiro atoms. The number of rotatable bonds is 1. The van der Waals surface area contributed by atoms with Crippen molar-refractivity contribution in [2.45, 2.75) is 12.8 Å². The van der Waals surface area contributed by atoms with Crippen LogP contribution < -0.4 is 0 Å². The zero-order valence-corrected chi connectivity index (χ0v) is 7.74. The van der Waals surface area contributed by atoms with Gasteiger partial charge in [0.15, 0.2) is 0 Å². The summed E-state index contributed by atoms with van der Waals surface area (Å²) in [6.07, 6.45) is 1.86. The third kappa shape index (κ3) is 2.09. The highest BCUT2D eigenvalue weighted by atomic mass is 127. The zero-order valence-electron chi connectivity index (χ0n) is 5.59. The quantitative estimate of drug-likeness (QED) is 0.564. The third-order valence-corrected chi connectivity index (χ3v) is 2.60. The van der Waals surface area contributed by atoms with E-state index in [0.29, 0.717) is 6.54 Å². The number of piperidine rings is 1. The van der Waals surface area contributed by atoms with Crippen LogP contribution in [0.1, 0.15) is 12.8 Å². The van der Waals surface area contributed by atoms with E-state index in [4.69, 9.17) is 5.11 Å². The zero-order chi connectivity index (χ0) is 7.56. The van der Waals surface area contributed by atoms with Crippen LogP contribution >= 0.6 is 22.9 Å². The summed E-state index contributed by atoms with van der Waals surface area (Å²) in [4.78, 5) is 10.5. The van der Waals surface area contributed by atoms with E-state index in [2.05, 4.69) is 22.9 Å². The van der Waals surface area contributed by atoms with Crippen LogP contribution in [0.2, 0.25) is 0 Å². The lowest BCUT2D eigenvalue weighted by Crippen LogP contribution is -2.32. The maximum atomic E-state index is 10.5. The molecule has 0 radical (unpaired) electrons. The number of carboxylic acid groups (broad SMARTS) is 1. The van der Waals surface area contributed by atoms with Crippen molar-refractivity contribution in [3.05, 3.63) is 0 Å². The molecule has 0 bridgehead atoms. The van der Waals surface area contributed by atoms with Crippen molar-refractivity contribution in [3.63, 3.8) is 0 Å². The molecule has 3 nitrogen and oxygen atoms in total. The van der Waals surface area contributed by atoms with Crippen LogP contribution in [-0.4, -0.2) is 27.3 Å². The SMILES string of the molecule is O=C(O)[C@H]1CCCN(I)C1. The summed E-state index contributed by atoms with van der Waals surface area (Å²) in [5.74, 6) is -0.785. The highest BCUT2D eigenvalue weighted by Gasteiger charge is 2.23. The van der Waals surface area contributed by atoms with Crippen molar-refractivity contribution in [2.24, 2.45) is 5.92 Å². The van der Waals surface area contributed by atoms with Gasteiger partial charge in [-0.2, -0.15) is 0 Å². The Morgan fingerprint density at radius 1 is 1.70 bits per heavy atom. The number of hydrogen-bond acceptors (Lipinski definition) is 2. The summed E-state index contributed by atoms with van der Waals surface area (Å²) in [5.41, 5.74) is 0. The second-order valence-corrected chi connectivity index (χ2v) is 3.91. The molecule has 0 aromatic rings. The lowest BCUT2D eigenvalue weighted by Gasteiger charge is -2.24. The molecule has 0 aromatic heterocycles. The van der Waals surface area contributed by atoms with Gasteiger partial charge >= 0.3 is 5.97 Å². The molecule has 1 N–H and O–H groups in total. The summed E-state index contributed by atoms with van der Waals surface area (Å²) < 4.78 is 2.04. The van der Waals surface area contributed by atoms with Crippen LogP contribution in [0.4, 0.5) is 0 Å².